The standard InChI is InChI=1S/C59H84N14O9/c1-2-3-4-5-9-20-50(74)66-43(21-26-60)53(76)69-47-25-30-64-52(75)49(34-40-35-65-42-19-13-12-18-41(40)42)72-56(79)45(23-28-62)67-54(77)46(24-29-63)70-59(82)51(39-32-37-16-10-11-17-38(37)33-39)73-58(81)48(31-36-14-7-6-8-15-36)71-55(78)44(22-27-61)68-57(47)80/h6-8,10-19,35,39,43-49,51,65H,2-5,9,20-34,60-63H2,1H3,(H,64,75)(H,66,74)(H,67,77)(H,68,80)(H,69,76)(H,70,82)(H,71,78)(H,72,79)(H,73,81)/t43-,44+,45+,46+,47+,48-,49+,51+/m1/s1. The van der Waals surface area contributed by atoms with Crippen LogP contribution in [-0.4, -0.2) is 139 Å². The predicted octanol–water partition coefficient (Wildman–Crippen LogP) is -0.478. The molecule has 82 heavy (non-hydrogen) atoms. The van der Waals surface area contributed by atoms with Crippen LogP contribution < -0.4 is 70.8 Å². The van der Waals surface area contributed by atoms with E-state index in [1.165, 1.54) is 0 Å². The lowest BCUT2D eigenvalue weighted by molar-refractivity contribution is -0.136. The molecule has 0 spiro atoms. The molecule has 3 aromatic carbocycles. The molecule has 4 aromatic rings. The van der Waals surface area contributed by atoms with E-state index in [0.717, 1.165) is 47.7 Å². The number of hydrogen-bond acceptors (Lipinski definition) is 13. The van der Waals surface area contributed by atoms with E-state index in [9.17, 15) is 43.2 Å². The number of carbonyl (C=O) groups is 9. The Balaban J connectivity index is 1.38. The van der Waals surface area contributed by atoms with Crippen LogP contribution in [0.1, 0.15) is 99.8 Å². The van der Waals surface area contributed by atoms with Crippen LogP contribution >= 0.6 is 0 Å². The summed E-state index contributed by atoms with van der Waals surface area (Å²) in [6.07, 6.45) is 6.46. The van der Waals surface area contributed by atoms with Gasteiger partial charge < -0.3 is 75.8 Å². The molecular formula is C59H84N14O9. The first-order chi connectivity index (χ1) is 39.7. The Labute approximate surface area is 478 Å². The van der Waals surface area contributed by atoms with E-state index in [4.69, 9.17) is 22.9 Å². The number of nitrogens with one attached hydrogen (secondary N) is 10. The first kappa shape index (κ1) is 63.5. The molecule has 18 N–H and O–H groups in total. The number of rotatable bonds is 22. The SMILES string of the molecule is CCCCCCCC(=O)N[C@H](CCN)C(=O)N[C@H]1CCNC(=O)[C@H](Cc2c[nH]c3ccccc23)NC(=O)[C@H](CCN)NC(=O)[C@H](CCN)NC(=O)[C@H](C2Cc3ccccc3C2)NC(=O)[C@@H](Cc2ccccc2)NC(=O)[C@H](CCN)NC1=O. The van der Waals surface area contributed by atoms with Crippen LogP contribution in [0.2, 0.25) is 0 Å². The number of para-hydroxylation sites is 1. The normalized spacial score (nSPS) is 22.3. The summed E-state index contributed by atoms with van der Waals surface area (Å²) in [4.78, 5) is 133. The fraction of sp³-hybridized carbons (Fsp3) is 0.508. The van der Waals surface area contributed by atoms with Crippen molar-refractivity contribution in [2.24, 2.45) is 28.9 Å². The van der Waals surface area contributed by atoms with Gasteiger partial charge in [-0.2, -0.15) is 0 Å². The third kappa shape index (κ3) is 18.7. The molecule has 1 aliphatic carbocycles. The summed E-state index contributed by atoms with van der Waals surface area (Å²) in [6.45, 7) is 1.58. The summed E-state index contributed by atoms with van der Waals surface area (Å²) in [5, 5.41) is 25.8. The van der Waals surface area contributed by atoms with E-state index in [1.807, 2.05) is 48.5 Å². The van der Waals surface area contributed by atoms with Gasteiger partial charge in [-0.1, -0.05) is 105 Å². The lowest BCUT2D eigenvalue weighted by atomic mass is 9.94. The molecule has 0 unspecified atom stereocenters. The molecule has 0 radical (unpaired) electrons. The predicted molar refractivity (Wildman–Crippen MR) is 311 cm³/mol. The number of H-pyrrole nitrogens is 1. The first-order valence-corrected chi connectivity index (χ1v) is 28.8. The summed E-state index contributed by atoms with van der Waals surface area (Å²) in [5.41, 5.74) is 28.1. The Morgan fingerprint density at radius 2 is 1.11 bits per heavy atom. The topological polar surface area (TPSA) is 382 Å². The van der Waals surface area contributed by atoms with Crippen molar-refractivity contribution in [3.63, 3.8) is 0 Å². The molecule has 2 aliphatic rings. The van der Waals surface area contributed by atoms with Gasteiger partial charge in [0.15, 0.2) is 0 Å². The highest BCUT2D eigenvalue weighted by Crippen LogP contribution is 2.29. The Hall–Kier alpha value is -7.73. The van der Waals surface area contributed by atoms with Crippen molar-refractivity contribution >= 4 is 64.1 Å². The number of aromatic amines is 1. The smallest absolute Gasteiger partial charge is 0.243 e. The van der Waals surface area contributed by atoms with Crippen LogP contribution in [0.3, 0.4) is 0 Å². The molecule has 1 saturated heterocycles. The maximum Gasteiger partial charge on any atom is 0.243 e. The van der Waals surface area contributed by atoms with Crippen molar-refractivity contribution in [3.8, 4) is 0 Å². The average molecular weight is 1130 g/mol. The third-order valence-corrected chi connectivity index (χ3v) is 15.0. The highest BCUT2D eigenvalue weighted by Gasteiger charge is 2.39. The van der Waals surface area contributed by atoms with Gasteiger partial charge in [0.05, 0.1) is 0 Å². The van der Waals surface area contributed by atoms with Gasteiger partial charge in [-0.25, -0.2) is 0 Å². The van der Waals surface area contributed by atoms with E-state index >= 15 is 0 Å². The van der Waals surface area contributed by atoms with Gasteiger partial charge in [-0.3, -0.25) is 43.2 Å². The fourth-order valence-electron chi connectivity index (χ4n) is 10.5. The van der Waals surface area contributed by atoms with E-state index in [2.05, 4.69) is 59.8 Å². The summed E-state index contributed by atoms with van der Waals surface area (Å²) in [6, 6.07) is 13.3. The number of unbranched alkanes of at least 4 members (excludes halogenated alkanes) is 4. The van der Waals surface area contributed by atoms with Crippen molar-refractivity contribution in [1.29, 1.82) is 0 Å². The Morgan fingerprint density at radius 3 is 1.72 bits per heavy atom. The number of amides is 9. The number of aromatic nitrogens is 1. The number of hydrogen-bond donors (Lipinski definition) is 14. The van der Waals surface area contributed by atoms with Gasteiger partial charge in [0.2, 0.25) is 53.2 Å². The number of benzene rings is 3. The van der Waals surface area contributed by atoms with Crippen molar-refractivity contribution in [3.05, 3.63) is 107 Å². The minimum atomic E-state index is -1.46. The van der Waals surface area contributed by atoms with E-state index in [-0.39, 0.29) is 90.0 Å². The molecule has 0 bridgehead atoms. The van der Waals surface area contributed by atoms with Crippen LogP contribution in [0.4, 0.5) is 0 Å². The van der Waals surface area contributed by atoms with Crippen LogP contribution in [0.25, 0.3) is 10.9 Å². The van der Waals surface area contributed by atoms with E-state index < -0.39 is 102 Å². The molecule has 6 rings (SSSR count). The van der Waals surface area contributed by atoms with E-state index in [1.54, 1.807) is 36.5 Å². The second-order valence-electron chi connectivity index (χ2n) is 21.2. The van der Waals surface area contributed by atoms with Crippen LogP contribution in [0.5, 0.6) is 0 Å². The quantitative estimate of drug-likeness (QED) is 0.0443. The second-order valence-corrected chi connectivity index (χ2v) is 21.2. The van der Waals surface area contributed by atoms with Gasteiger partial charge in [-0.05, 0) is 112 Å². The molecule has 23 heteroatoms. The fourth-order valence-corrected chi connectivity index (χ4v) is 10.5. The number of nitrogens with two attached hydrogens (primary N) is 4. The van der Waals surface area contributed by atoms with Crippen LogP contribution in [-0.2, 0) is 68.8 Å². The molecule has 9 amide bonds. The highest BCUT2D eigenvalue weighted by atomic mass is 16.2. The third-order valence-electron chi connectivity index (χ3n) is 15.0. The summed E-state index contributed by atoms with van der Waals surface area (Å²) >= 11 is 0. The number of fused-ring (bicyclic) bond motifs is 2. The molecule has 1 aromatic heterocycles. The van der Waals surface area contributed by atoms with Crippen LogP contribution in [0.15, 0.2) is 85.1 Å². The largest absolute Gasteiger partial charge is 0.361 e. The molecule has 444 valence electrons. The lowest BCUT2D eigenvalue weighted by Crippen LogP contribution is -2.62. The average Bonchev–Trinajstić information content (AvgIpc) is 4.28. The molecule has 1 aliphatic heterocycles. The van der Waals surface area contributed by atoms with Gasteiger partial charge in [0, 0.05) is 42.9 Å². The minimum Gasteiger partial charge on any atom is -0.361 e. The Bertz CT molecular complexity index is 2770. The van der Waals surface area contributed by atoms with Crippen molar-refractivity contribution in [2.75, 3.05) is 32.7 Å². The van der Waals surface area contributed by atoms with Crippen molar-refractivity contribution < 1.29 is 43.2 Å². The highest BCUT2D eigenvalue weighted by molar-refractivity contribution is 5.99. The Kier molecular flexibility index (Phi) is 25.3. The zero-order valence-corrected chi connectivity index (χ0v) is 46.9. The first-order valence-electron chi connectivity index (χ1n) is 28.8. The molecule has 0 saturated carbocycles. The Morgan fingerprint density at radius 1 is 0.573 bits per heavy atom. The van der Waals surface area contributed by atoms with Gasteiger partial charge in [0.1, 0.15) is 48.3 Å². The molecule has 2 heterocycles. The maximum atomic E-state index is 14.9. The minimum absolute atomic E-state index is 0.00558. The monoisotopic (exact) mass is 1130 g/mol. The number of carbonyl (C=O) groups excluding carboxylic acids is 9. The van der Waals surface area contributed by atoms with Crippen molar-refractivity contribution in [1.82, 2.24) is 52.8 Å². The summed E-state index contributed by atoms with van der Waals surface area (Å²) in [7, 11) is 0. The zero-order chi connectivity index (χ0) is 59.0. The zero-order valence-electron chi connectivity index (χ0n) is 46.9. The molecule has 8 atom stereocenters. The van der Waals surface area contributed by atoms with Gasteiger partial charge in [0.25, 0.3) is 0 Å². The summed E-state index contributed by atoms with van der Waals surface area (Å²) < 4.78 is 0. The lowest BCUT2D eigenvalue weighted by Gasteiger charge is -2.30. The summed E-state index contributed by atoms with van der Waals surface area (Å²) in [5.74, 6) is -7.02. The van der Waals surface area contributed by atoms with E-state index in [0.29, 0.717) is 30.4 Å². The van der Waals surface area contributed by atoms with Crippen molar-refractivity contribution in [2.45, 2.75) is 152 Å². The van der Waals surface area contributed by atoms with Gasteiger partial charge >= 0.3 is 0 Å². The molecule has 23 nitrogen and oxygen atoms in total. The maximum absolute atomic E-state index is 14.9. The van der Waals surface area contributed by atoms with Crippen LogP contribution in [0, 0.1) is 5.92 Å². The molecular weight excluding hydrogens is 1050 g/mol. The molecule has 1 fully saturated rings. The second kappa shape index (κ2) is 32.6. The van der Waals surface area contributed by atoms with Gasteiger partial charge in [-0.15, -0.1) is 0 Å².